The fourth-order valence-corrected chi connectivity index (χ4v) is 5.35. The van der Waals surface area contributed by atoms with Crippen LogP contribution in [0.5, 0.6) is 11.5 Å². The molecule has 2 N–H and O–H groups in total. The summed E-state index contributed by atoms with van der Waals surface area (Å²) in [5.41, 5.74) is 0. The predicted octanol–water partition coefficient (Wildman–Crippen LogP) is 6.89. The average molecular weight is 358 g/mol. The minimum absolute atomic E-state index is 0.314. The van der Waals surface area contributed by atoms with Gasteiger partial charge >= 0.3 is 0 Å². The molecular formula is C26H14O2. The van der Waals surface area contributed by atoms with Crippen LogP contribution in [-0.2, 0) is 0 Å². The van der Waals surface area contributed by atoms with E-state index in [4.69, 9.17) is 0 Å². The molecule has 7 aromatic rings. The van der Waals surface area contributed by atoms with Crippen molar-refractivity contribution in [1.82, 2.24) is 0 Å². The van der Waals surface area contributed by atoms with Gasteiger partial charge in [0, 0.05) is 21.5 Å². The topological polar surface area (TPSA) is 40.5 Å². The Balaban J connectivity index is 2.01. The summed E-state index contributed by atoms with van der Waals surface area (Å²) in [5.74, 6) is 0.628. The molecule has 7 rings (SSSR count). The van der Waals surface area contributed by atoms with Crippen molar-refractivity contribution in [2.75, 3.05) is 0 Å². The molecule has 0 saturated carbocycles. The van der Waals surface area contributed by atoms with Crippen molar-refractivity contribution in [3.8, 4) is 11.5 Å². The van der Waals surface area contributed by atoms with E-state index in [0.29, 0.717) is 11.5 Å². The molecule has 2 nitrogen and oxygen atoms in total. The molecule has 0 aliphatic carbocycles. The standard InChI is InChI=1S/C26H14O2/c27-19-11-3-7-15-13-5-1-9-17-21(13)26(23(15)19)18-10-2-6-14-16-8-4-12-20(28)24(16)25(17)22(14)18/h1-12,27-28H. The van der Waals surface area contributed by atoms with Crippen LogP contribution in [0.4, 0.5) is 0 Å². The van der Waals surface area contributed by atoms with Crippen LogP contribution in [-0.4, -0.2) is 10.2 Å². The zero-order valence-electron chi connectivity index (χ0n) is 14.8. The van der Waals surface area contributed by atoms with Gasteiger partial charge in [-0.1, -0.05) is 60.7 Å². The summed E-state index contributed by atoms with van der Waals surface area (Å²) in [7, 11) is 0. The number of phenolic OH excluding ortho intramolecular Hbond substituents is 2. The summed E-state index contributed by atoms with van der Waals surface area (Å²) in [6.07, 6.45) is 0. The summed E-state index contributed by atoms with van der Waals surface area (Å²) < 4.78 is 0. The summed E-state index contributed by atoms with van der Waals surface area (Å²) in [6.45, 7) is 0. The molecule has 130 valence electrons. The largest absolute Gasteiger partial charge is 0.507 e. The van der Waals surface area contributed by atoms with Gasteiger partial charge in [-0.25, -0.2) is 0 Å². The van der Waals surface area contributed by atoms with E-state index in [2.05, 4.69) is 48.5 Å². The van der Waals surface area contributed by atoms with Crippen molar-refractivity contribution in [2.45, 2.75) is 0 Å². The van der Waals surface area contributed by atoms with Crippen molar-refractivity contribution >= 4 is 64.6 Å². The summed E-state index contributed by atoms with van der Waals surface area (Å²) in [6, 6.07) is 24.2. The van der Waals surface area contributed by atoms with E-state index >= 15 is 0 Å². The molecule has 0 heterocycles. The van der Waals surface area contributed by atoms with Crippen molar-refractivity contribution in [2.24, 2.45) is 0 Å². The lowest BCUT2D eigenvalue weighted by molar-refractivity contribution is 0.481. The van der Waals surface area contributed by atoms with Crippen LogP contribution in [0.1, 0.15) is 0 Å². The van der Waals surface area contributed by atoms with Crippen LogP contribution in [0.25, 0.3) is 64.6 Å². The molecule has 0 unspecified atom stereocenters. The van der Waals surface area contributed by atoms with Crippen LogP contribution in [0, 0.1) is 0 Å². The molecule has 0 aliphatic heterocycles. The van der Waals surface area contributed by atoms with Gasteiger partial charge in [-0.15, -0.1) is 0 Å². The molecule has 7 aromatic carbocycles. The van der Waals surface area contributed by atoms with Gasteiger partial charge in [0.25, 0.3) is 0 Å². The molecule has 0 bridgehead atoms. The highest BCUT2D eigenvalue weighted by molar-refractivity contribution is 6.48. The Morgan fingerprint density at radius 3 is 1.07 bits per heavy atom. The Labute approximate surface area is 159 Å². The van der Waals surface area contributed by atoms with Crippen LogP contribution >= 0.6 is 0 Å². The molecule has 0 saturated heterocycles. The number of hydrogen-bond acceptors (Lipinski definition) is 2. The van der Waals surface area contributed by atoms with Crippen LogP contribution in [0.2, 0.25) is 0 Å². The van der Waals surface area contributed by atoms with E-state index in [1.165, 1.54) is 0 Å². The Bertz CT molecular complexity index is 1600. The van der Waals surface area contributed by atoms with Crippen molar-refractivity contribution in [1.29, 1.82) is 0 Å². The Hall–Kier alpha value is -3.78. The second-order valence-corrected chi connectivity index (χ2v) is 7.61. The SMILES string of the molecule is Oc1cccc2c3cccc4c3c(c3cccc5c6cccc(O)c6c4c53)c12. The average Bonchev–Trinajstić information content (AvgIpc) is 3.24. The molecule has 0 fully saturated rings. The van der Waals surface area contributed by atoms with Crippen LogP contribution in [0.3, 0.4) is 0 Å². The minimum Gasteiger partial charge on any atom is -0.507 e. The monoisotopic (exact) mass is 358 g/mol. The predicted molar refractivity (Wildman–Crippen MR) is 117 cm³/mol. The molecule has 0 amide bonds. The van der Waals surface area contributed by atoms with Crippen molar-refractivity contribution in [3.05, 3.63) is 72.8 Å². The fourth-order valence-electron chi connectivity index (χ4n) is 5.35. The maximum Gasteiger partial charge on any atom is 0.124 e. The maximum absolute atomic E-state index is 10.7. The normalized spacial score (nSPS) is 12.6. The van der Waals surface area contributed by atoms with Gasteiger partial charge in [-0.2, -0.15) is 0 Å². The first-order valence-electron chi connectivity index (χ1n) is 9.42. The lowest BCUT2D eigenvalue weighted by Gasteiger charge is -2.08. The first-order valence-corrected chi connectivity index (χ1v) is 9.42. The highest BCUT2D eigenvalue weighted by Gasteiger charge is 2.23. The van der Waals surface area contributed by atoms with Gasteiger partial charge < -0.3 is 10.2 Å². The number of phenols is 2. The zero-order chi connectivity index (χ0) is 18.6. The van der Waals surface area contributed by atoms with Crippen LogP contribution < -0.4 is 0 Å². The van der Waals surface area contributed by atoms with Crippen molar-refractivity contribution < 1.29 is 10.2 Å². The second-order valence-electron chi connectivity index (χ2n) is 7.61. The molecule has 2 heteroatoms. The van der Waals surface area contributed by atoms with E-state index in [9.17, 15) is 10.2 Å². The van der Waals surface area contributed by atoms with E-state index in [0.717, 1.165) is 64.6 Å². The highest BCUT2D eigenvalue weighted by atomic mass is 16.3. The quantitative estimate of drug-likeness (QED) is 0.290. The van der Waals surface area contributed by atoms with Gasteiger partial charge in [0.15, 0.2) is 0 Å². The van der Waals surface area contributed by atoms with E-state index in [-0.39, 0.29) is 0 Å². The molecular weight excluding hydrogens is 344 g/mol. The van der Waals surface area contributed by atoms with Gasteiger partial charge in [0.1, 0.15) is 11.5 Å². The zero-order valence-corrected chi connectivity index (χ0v) is 14.8. The molecule has 0 atom stereocenters. The second kappa shape index (κ2) is 4.55. The Morgan fingerprint density at radius 2 is 0.643 bits per heavy atom. The lowest BCUT2D eigenvalue weighted by atomic mass is 9.95. The van der Waals surface area contributed by atoms with Gasteiger partial charge in [-0.3, -0.25) is 0 Å². The number of aromatic hydroxyl groups is 2. The number of fused-ring (bicyclic) bond motifs is 8. The molecule has 0 aliphatic rings. The first kappa shape index (κ1) is 14.3. The summed E-state index contributed by atoms with van der Waals surface area (Å²) in [4.78, 5) is 0. The Morgan fingerprint density at radius 1 is 0.321 bits per heavy atom. The third-order valence-electron chi connectivity index (χ3n) is 6.33. The molecule has 28 heavy (non-hydrogen) atoms. The molecule has 0 radical (unpaired) electrons. The number of rotatable bonds is 0. The van der Waals surface area contributed by atoms with Crippen LogP contribution in [0.15, 0.2) is 72.8 Å². The van der Waals surface area contributed by atoms with Crippen molar-refractivity contribution in [3.63, 3.8) is 0 Å². The molecule has 0 spiro atoms. The van der Waals surface area contributed by atoms with Gasteiger partial charge in [-0.05, 0) is 55.2 Å². The third-order valence-corrected chi connectivity index (χ3v) is 6.33. The fraction of sp³-hybridized carbons (Fsp3) is 0. The summed E-state index contributed by atoms with van der Waals surface area (Å²) in [5, 5.41) is 34.5. The summed E-state index contributed by atoms with van der Waals surface area (Å²) >= 11 is 0. The Kier molecular flexibility index (Phi) is 2.32. The minimum atomic E-state index is 0.314. The van der Waals surface area contributed by atoms with E-state index < -0.39 is 0 Å². The lowest BCUT2D eigenvalue weighted by Crippen LogP contribution is -1.79. The van der Waals surface area contributed by atoms with E-state index in [1.807, 2.05) is 12.1 Å². The maximum atomic E-state index is 10.7. The third kappa shape index (κ3) is 1.41. The van der Waals surface area contributed by atoms with Gasteiger partial charge in [0.05, 0.1) is 0 Å². The first-order chi connectivity index (χ1) is 13.8. The smallest absolute Gasteiger partial charge is 0.124 e. The van der Waals surface area contributed by atoms with Gasteiger partial charge in [0.2, 0.25) is 0 Å². The highest BCUT2D eigenvalue weighted by Crippen LogP contribution is 2.52. The number of benzene rings is 5. The van der Waals surface area contributed by atoms with E-state index in [1.54, 1.807) is 12.1 Å². The molecule has 0 aromatic heterocycles. The number of hydrogen-bond donors (Lipinski definition) is 2.